The van der Waals surface area contributed by atoms with E-state index in [0.717, 1.165) is 19.4 Å². The molecule has 1 aromatic carbocycles. The molecule has 0 spiro atoms. The Labute approximate surface area is 88.6 Å². The smallest absolute Gasteiger partial charge is 0.357 e. The zero-order valence-electron chi connectivity index (χ0n) is 8.43. The van der Waals surface area contributed by atoms with Gasteiger partial charge in [-0.05, 0) is 25.0 Å². The summed E-state index contributed by atoms with van der Waals surface area (Å²) in [6.45, 7) is 0.722. The van der Waals surface area contributed by atoms with Gasteiger partial charge in [0.15, 0.2) is 0 Å². The summed E-state index contributed by atoms with van der Waals surface area (Å²) in [6.07, 6.45) is 1.70. The number of nitrogens with two attached hydrogens (primary N) is 1. The van der Waals surface area contributed by atoms with Crippen LogP contribution in [0, 0.1) is 0 Å². The molecule has 0 unspecified atom stereocenters. The van der Waals surface area contributed by atoms with Crippen molar-refractivity contribution in [3.8, 4) is 0 Å². The normalized spacial score (nSPS) is 21.5. The molecule has 1 aliphatic rings. The molecule has 80 valence electrons. The number of hydrogen-bond acceptors (Lipinski definition) is 4. The number of nitrogens with zero attached hydrogens (tertiary/aromatic N) is 1. The van der Waals surface area contributed by atoms with Gasteiger partial charge in [-0.1, -0.05) is 18.2 Å². The molecule has 15 heavy (non-hydrogen) atoms. The molecule has 0 saturated carbocycles. The van der Waals surface area contributed by atoms with Crippen LogP contribution < -0.4 is 5.73 Å². The second kappa shape index (κ2) is 4.42. The number of rotatable bonds is 2. The van der Waals surface area contributed by atoms with Crippen molar-refractivity contribution in [2.24, 2.45) is 5.73 Å². The SMILES string of the molecule is N[C@@H]1CCCN1OC(=O)c1ccccc1. The van der Waals surface area contributed by atoms with Crippen molar-refractivity contribution < 1.29 is 9.63 Å². The van der Waals surface area contributed by atoms with Crippen molar-refractivity contribution in [2.75, 3.05) is 6.54 Å². The van der Waals surface area contributed by atoms with Gasteiger partial charge in [-0.2, -0.15) is 0 Å². The van der Waals surface area contributed by atoms with E-state index in [1.54, 1.807) is 29.3 Å². The van der Waals surface area contributed by atoms with Gasteiger partial charge in [-0.25, -0.2) is 4.79 Å². The molecule has 2 rings (SSSR count). The minimum Gasteiger partial charge on any atom is -0.362 e. The van der Waals surface area contributed by atoms with E-state index >= 15 is 0 Å². The quantitative estimate of drug-likeness (QED) is 0.788. The van der Waals surface area contributed by atoms with E-state index < -0.39 is 0 Å². The fraction of sp³-hybridized carbons (Fsp3) is 0.364. The highest BCUT2D eigenvalue weighted by Crippen LogP contribution is 2.14. The van der Waals surface area contributed by atoms with Crippen LogP contribution in [-0.4, -0.2) is 23.7 Å². The van der Waals surface area contributed by atoms with Crippen molar-refractivity contribution in [1.29, 1.82) is 0 Å². The van der Waals surface area contributed by atoms with Crippen LogP contribution in [0.4, 0.5) is 0 Å². The van der Waals surface area contributed by atoms with Gasteiger partial charge in [0.2, 0.25) is 0 Å². The van der Waals surface area contributed by atoms with Gasteiger partial charge in [-0.15, -0.1) is 5.06 Å². The van der Waals surface area contributed by atoms with E-state index in [4.69, 9.17) is 10.6 Å². The molecule has 4 heteroatoms. The zero-order valence-corrected chi connectivity index (χ0v) is 8.43. The van der Waals surface area contributed by atoms with Crippen LogP contribution in [0.5, 0.6) is 0 Å². The van der Waals surface area contributed by atoms with E-state index in [1.807, 2.05) is 6.07 Å². The third-order valence-corrected chi connectivity index (χ3v) is 2.46. The minimum atomic E-state index is -0.340. The van der Waals surface area contributed by atoms with E-state index in [1.165, 1.54) is 0 Å². The maximum Gasteiger partial charge on any atom is 0.357 e. The number of hydrogen-bond donors (Lipinski definition) is 1. The Hall–Kier alpha value is -1.39. The summed E-state index contributed by atoms with van der Waals surface area (Å²) in [5, 5.41) is 1.55. The van der Waals surface area contributed by atoms with Crippen LogP contribution in [0.1, 0.15) is 23.2 Å². The lowest BCUT2D eigenvalue weighted by atomic mass is 10.2. The van der Waals surface area contributed by atoms with E-state index in [-0.39, 0.29) is 12.1 Å². The third-order valence-electron chi connectivity index (χ3n) is 2.46. The number of carbonyl (C=O) groups excluding carboxylic acids is 1. The summed E-state index contributed by atoms with van der Waals surface area (Å²) in [6, 6.07) is 8.92. The van der Waals surface area contributed by atoms with Crippen molar-refractivity contribution in [3.05, 3.63) is 35.9 Å². The van der Waals surface area contributed by atoms with E-state index in [2.05, 4.69) is 0 Å². The summed E-state index contributed by atoms with van der Waals surface area (Å²) < 4.78 is 0. The molecule has 0 aliphatic carbocycles. The standard InChI is InChI=1S/C11H14N2O2/c12-10-7-4-8-13(10)15-11(14)9-5-2-1-3-6-9/h1-3,5-6,10H,4,7-8,12H2/t10-/m0/s1. The lowest BCUT2D eigenvalue weighted by Gasteiger charge is -2.19. The van der Waals surface area contributed by atoms with Crippen molar-refractivity contribution in [3.63, 3.8) is 0 Å². The molecule has 1 saturated heterocycles. The molecule has 1 fully saturated rings. The Bertz CT molecular complexity index is 340. The Morgan fingerprint density at radius 1 is 1.40 bits per heavy atom. The molecule has 1 heterocycles. The minimum absolute atomic E-state index is 0.155. The van der Waals surface area contributed by atoms with E-state index in [9.17, 15) is 4.79 Å². The van der Waals surface area contributed by atoms with Crippen LogP contribution >= 0.6 is 0 Å². The second-order valence-corrected chi connectivity index (χ2v) is 3.60. The van der Waals surface area contributed by atoms with E-state index in [0.29, 0.717) is 5.56 Å². The van der Waals surface area contributed by atoms with Crippen LogP contribution in [-0.2, 0) is 4.84 Å². The third kappa shape index (κ3) is 2.34. The summed E-state index contributed by atoms with van der Waals surface area (Å²) in [7, 11) is 0. The average molecular weight is 206 g/mol. The van der Waals surface area contributed by atoms with Crippen molar-refractivity contribution in [1.82, 2.24) is 5.06 Å². The monoisotopic (exact) mass is 206 g/mol. The molecule has 0 aromatic heterocycles. The molecule has 0 amide bonds. The molecule has 1 aliphatic heterocycles. The van der Waals surface area contributed by atoms with Gasteiger partial charge in [0.05, 0.1) is 11.7 Å². The molecule has 4 nitrogen and oxygen atoms in total. The zero-order chi connectivity index (χ0) is 10.7. The molecule has 1 aromatic rings. The van der Waals surface area contributed by atoms with Gasteiger partial charge in [0.25, 0.3) is 0 Å². The van der Waals surface area contributed by atoms with Crippen LogP contribution in [0.2, 0.25) is 0 Å². The fourth-order valence-electron chi connectivity index (χ4n) is 1.61. The van der Waals surface area contributed by atoms with Crippen LogP contribution in [0.25, 0.3) is 0 Å². The number of benzene rings is 1. The van der Waals surface area contributed by atoms with Crippen LogP contribution in [0.3, 0.4) is 0 Å². The first kappa shape index (κ1) is 10.1. The van der Waals surface area contributed by atoms with Crippen LogP contribution in [0.15, 0.2) is 30.3 Å². The largest absolute Gasteiger partial charge is 0.362 e. The summed E-state index contributed by atoms with van der Waals surface area (Å²) in [5.41, 5.74) is 6.31. The fourth-order valence-corrected chi connectivity index (χ4v) is 1.61. The highest BCUT2D eigenvalue weighted by Gasteiger charge is 2.24. The molecule has 1 atom stereocenters. The maximum absolute atomic E-state index is 11.6. The summed E-state index contributed by atoms with van der Waals surface area (Å²) in [4.78, 5) is 16.8. The number of hydroxylamine groups is 2. The Morgan fingerprint density at radius 2 is 2.13 bits per heavy atom. The molecular weight excluding hydrogens is 192 g/mol. The topological polar surface area (TPSA) is 55.6 Å². The van der Waals surface area contributed by atoms with Crippen molar-refractivity contribution >= 4 is 5.97 Å². The average Bonchev–Trinajstić information content (AvgIpc) is 2.66. The first-order chi connectivity index (χ1) is 7.27. The van der Waals surface area contributed by atoms with Gasteiger partial charge in [-0.3, -0.25) is 0 Å². The van der Waals surface area contributed by atoms with Crippen molar-refractivity contribution in [2.45, 2.75) is 19.0 Å². The molecule has 0 radical (unpaired) electrons. The molecule has 0 bridgehead atoms. The number of carbonyl (C=O) groups is 1. The van der Waals surface area contributed by atoms with Gasteiger partial charge in [0.1, 0.15) is 0 Å². The van der Waals surface area contributed by atoms with Gasteiger partial charge >= 0.3 is 5.97 Å². The highest BCUT2D eigenvalue weighted by molar-refractivity contribution is 5.89. The predicted octanol–water partition coefficient (Wildman–Crippen LogP) is 1.14. The van der Waals surface area contributed by atoms with Gasteiger partial charge < -0.3 is 10.6 Å². The van der Waals surface area contributed by atoms with Gasteiger partial charge in [0, 0.05) is 6.54 Å². The Kier molecular flexibility index (Phi) is 2.99. The Morgan fingerprint density at radius 3 is 2.73 bits per heavy atom. The predicted molar refractivity (Wildman–Crippen MR) is 55.8 cm³/mol. The molecular formula is C11H14N2O2. The Balaban J connectivity index is 1.98. The first-order valence-corrected chi connectivity index (χ1v) is 5.07. The second-order valence-electron chi connectivity index (χ2n) is 3.60. The lowest BCUT2D eigenvalue weighted by molar-refractivity contribution is -0.117. The lowest BCUT2D eigenvalue weighted by Crippen LogP contribution is -2.38. The summed E-state index contributed by atoms with van der Waals surface area (Å²) in [5.74, 6) is -0.340. The molecule has 2 N–H and O–H groups in total. The highest BCUT2D eigenvalue weighted by atomic mass is 16.7. The maximum atomic E-state index is 11.6. The first-order valence-electron chi connectivity index (χ1n) is 5.07. The summed E-state index contributed by atoms with van der Waals surface area (Å²) >= 11 is 0.